The molecule has 7 nitrogen and oxygen atoms in total. The lowest BCUT2D eigenvalue weighted by molar-refractivity contribution is 0.0203. The summed E-state index contributed by atoms with van der Waals surface area (Å²) in [6.07, 6.45) is 5.47. The van der Waals surface area contributed by atoms with Gasteiger partial charge < -0.3 is 15.2 Å². The number of benzene rings is 1. The van der Waals surface area contributed by atoms with Gasteiger partial charge in [-0.05, 0) is 43.4 Å². The second-order valence-corrected chi connectivity index (χ2v) is 7.87. The van der Waals surface area contributed by atoms with Crippen LogP contribution in [0.25, 0.3) is 22.0 Å². The molecule has 2 aliphatic rings. The Morgan fingerprint density at radius 2 is 2.14 bits per heavy atom. The smallest absolute Gasteiger partial charge is 0.336 e. The minimum absolute atomic E-state index is 0.0470. The highest BCUT2D eigenvalue weighted by Gasteiger charge is 2.49. The fourth-order valence-electron chi connectivity index (χ4n) is 4.29. The topological polar surface area (TPSA) is 93.0 Å². The van der Waals surface area contributed by atoms with Crippen molar-refractivity contribution in [2.45, 2.75) is 50.0 Å². The van der Waals surface area contributed by atoms with Crippen molar-refractivity contribution in [2.24, 2.45) is 0 Å². The molecule has 5 rings (SSSR count). The fourth-order valence-corrected chi connectivity index (χ4v) is 4.29. The molecule has 2 bridgehead atoms. The zero-order chi connectivity index (χ0) is 19.3. The summed E-state index contributed by atoms with van der Waals surface area (Å²) in [7, 11) is 0. The number of halogens is 1. The number of nitrogens with one attached hydrogen (secondary N) is 1. The first-order chi connectivity index (χ1) is 13.5. The Hall–Kier alpha value is -2.87. The van der Waals surface area contributed by atoms with E-state index < -0.39 is 12.3 Å². The molecule has 4 heterocycles. The van der Waals surface area contributed by atoms with E-state index in [0.29, 0.717) is 17.7 Å². The first kappa shape index (κ1) is 17.2. The lowest BCUT2D eigenvalue weighted by Crippen LogP contribution is -2.57. The molecule has 8 heteroatoms. The predicted octanol–water partition coefficient (Wildman–Crippen LogP) is 2.79. The second kappa shape index (κ2) is 6.34. The SMILES string of the molecule is C[C@@]12CCC(N1)[C@H](F)[C@@H](Oc1ncc(-c3cc4ccncc4cc3O)nn1)C2. The molecule has 0 radical (unpaired) electrons. The van der Waals surface area contributed by atoms with Crippen LogP contribution in [0, 0.1) is 0 Å². The maximum Gasteiger partial charge on any atom is 0.336 e. The van der Waals surface area contributed by atoms with Crippen LogP contribution >= 0.6 is 0 Å². The maximum atomic E-state index is 14.6. The summed E-state index contributed by atoms with van der Waals surface area (Å²) < 4.78 is 20.4. The Kier molecular flexibility index (Phi) is 3.90. The normalized spacial score (nSPS) is 29.1. The van der Waals surface area contributed by atoms with Crippen molar-refractivity contribution in [3.8, 4) is 23.0 Å². The summed E-state index contributed by atoms with van der Waals surface area (Å²) in [4.78, 5) is 8.24. The van der Waals surface area contributed by atoms with Crippen molar-refractivity contribution >= 4 is 10.8 Å². The lowest BCUT2D eigenvalue weighted by atomic mass is 9.90. The summed E-state index contributed by atoms with van der Waals surface area (Å²) in [6.45, 7) is 2.09. The van der Waals surface area contributed by atoms with Crippen LogP contribution in [0.1, 0.15) is 26.2 Å². The molecule has 0 amide bonds. The molecule has 1 aromatic carbocycles. The molecule has 0 saturated carbocycles. The zero-order valence-corrected chi connectivity index (χ0v) is 15.3. The average Bonchev–Trinajstić information content (AvgIpc) is 3.04. The van der Waals surface area contributed by atoms with E-state index >= 15 is 0 Å². The van der Waals surface area contributed by atoms with Crippen molar-refractivity contribution in [3.63, 3.8) is 0 Å². The second-order valence-electron chi connectivity index (χ2n) is 7.87. The third kappa shape index (κ3) is 2.93. The fraction of sp³-hybridized carbons (Fsp3) is 0.400. The van der Waals surface area contributed by atoms with E-state index in [2.05, 4.69) is 32.4 Å². The molecule has 2 N–H and O–H groups in total. The van der Waals surface area contributed by atoms with Crippen LogP contribution in [0.4, 0.5) is 4.39 Å². The van der Waals surface area contributed by atoms with Gasteiger partial charge in [-0.2, -0.15) is 0 Å². The van der Waals surface area contributed by atoms with Crippen LogP contribution in [0.3, 0.4) is 0 Å². The van der Waals surface area contributed by atoms with Gasteiger partial charge in [0, 0.05) is 41.3 Å². The van der Waals surface area contributed by atoms with E-state index in [1.165, 1.54) is 6.20 Å². The van der Waals surface area contributed by atoms with Crippen LogP contribution in [0.2, 0.25) is 0 Å². The van der Waals surface area contributed by atoms with Gasteiger partial charge in [0.05, 0.1) is 6.20 Å². The molecular weight excluding hydrogens is 361 g/mol. The maximum absolute atomic E-state index is 14.6. The summed E-state index contributed by atoms with van der Waals surface area (Å²) in [5.41, 5.74) is 0.829. The highest BCUT2D eigenvalue weighted by Crippen LogP contribution is 2.38. The summed E-state index contributed by atoms with van der Waals surface area (Å²) in [5.74, 6) is 0.0666. The number of pyridine rings is 1. The number of fused-ring (bicyclic) bond motifs is 3. The molecule has 2 aliphatic heterocycles. The minimum atomic E-state index is -1.10. The van der Waals surface area contributed by atoms with Gasteiger partial charge in [-0.3, -0.25) is 4.98 Å². The van der Waals surface area contributed by atoms with Crippen LogP contribution in [-0.2, 0) is 0 Å². The van der Waals surface area contributed by atoms with Gasteiger partial charge in [-0.15, -0.1) is 5.10 Å². The highest BCUT2D eigenvalue weighted by molar-refractivity contribution is 5.89. The number of phenols is 1. The standard InChI is InChI=1S/C20H20FN5O2/c1-20-4-2-14(24-20)18(21)17(8-20)28-19-23-10-15(25-26-19)13-6-11-3-5-22-9-12(11)7-16(13)27/h3,5-7,9-10,14,17-18,24,27H,2,4,8H2,1H3/t14?,17-,18-,20-/m0/s1. The molecule has 28 heavy (non-hydrogen) atoms. The first-order valence-corrected chi connectivity index (χ1v) is 9.36. The summed E-state index contributed by atoms with van der Waals surface area (Å²) in [5, 5.41) is 23.5. The number of piperidine rings is 1. The lowest BCUT2D eigenvalue weighted by Gasteiger charge is -2.38. The molecule has 144 valence electrons. The van der Waals surface area contributed by atoms with Gasteiger partial charge in [-0.1, -0.05) is 5.10 Å². The average molecular weight is 381 g/mol. The molecule has 4 atom stereocenters. The van der Waals surface area contributed by atoms with Crippen LogP contribution < -0.4 is 10.1 Å². The molecule has 0 spiro atoms. The van der Waals surface area contributed by atoms with Gasteiger partial charge in [0.15, 0.2) is 6.17 Å². The van der Waals surface area contributed by atoms with Crippen molar-refractivity contribution in [3.05, 3.63) is 36.8 Å². The third-order valence-electron chi connectivity index (χ3n) is 5.76. The Morgan fingerprint density at radius 3 is 2.96 bits per heavy atom. The number of rotatable bonds is 3. The monoisotopic (exact) mass is 381 g/mol. The number of ether oxygens (including phenoxy) is 1. The van der Waals surface area contributed by atoms with Gasteiger partial charge in [0.25, 0.3) is 0 Å². The zero-order valence-electron chi connectivity index (χ0n) is 15.3. The number of aromatic nitrogens is 4. The molecule has 3 aromatic rings. The predicted molar refractivity (Wildman–Crippen MR) is 101 cm³/mol. The van der Waals surface area contributed by atoms with Gasteiger partial charge in [-0.25, -0.2) is 9.37 Å². The molecule has 2 fully saturated rings. The quantitative estimate of drug-likeness (QED) is 0.721. The van der Waals surface area contributed by atoms with E-state index in [4.69, 9.17) is 4.74 Å². The Morgan fingerprint density at radius 1 is 1.25 bits per heavy atom. The number of aromatic hydroxyl groups is 1. The molecular formula is C20H20FN5O2. The van der Waals surface area contributed by atoms with E-state index in [0.717, 1.165) is 23.6 Å². The Labute approximate surface area is 161 Å². The number of hydrogen-bond acceptors (Lipinski definition) is 7. The van der Waals surface area contributed by atoms with Crippen molar-refractivity contribution in [2.75, 3.05) is 0 Å². The van der Waals surface area contributed by atoms with E-state index in [1.807, 2.05) is 12.1 Å². The van der Waals surface area contributed by atoms with E-state index in [9.17, 15) is 9.50 Å². The summed E-state index contributed by atoms with van der Waals surface area (Å²) >= 11 is 0. The van der Waals surface area contributed by atoms with Gasteiger partial charge in [0.1, 0.15) is 17.5 Å². The molecule has 0 aliphatic carbocycles. The molecule has 2 saturated heterocycles. The largest absolute Gasteiger partial charge is 0.507 e. The van der Waals surface area contributed by atoms with Crippen LogP contribution in [0.5, 0.6) is 11.8 Å². The number of alkyl halides is 1. The Bertz CT molecular complexity index is 1030. The third-order valence-corrected chi connectivity index (χ3v) is 5.76. The molecule has 1 unspecified atom stereocenters. The van der Waals surface area contributed by atoms with E-state index in [-0.39, 0.29) is 23.3 Å². The minimum Gasteiger partial charge on any atom is -0.507 e. The first-order valence-electron chi connectivity index (χ1n) is 9.36. The highest BCUT2D eigenvalue weighted by atomic mass is 19.1. The van der Waals surface area contributed by atoms with Crippen LogP contribution in [-0.4, -0.2) is 49.1 Å². The van der Waals surface area contributed by atoms with Crippen molar-refractivity contribution in [1.82, 2.24) is 25.5 Å². The Balaban J connectivity index is 1.38. The van der Waals surface area contributed by atoms with Gasteiger partial charge >= 0.3 is 6.01 Å². The van der Waals surface area contributed by atoms with Crippen molar-refractivity contribution < 1.29 is 14.2 Å². The number of phenolic OH excluding ortho intramolecular Hbond substituents is 1. The van der Waals surface area contributed by atoms with Crippen LogP contribution in [0.15, 0.2) is 36.8 Å². The summed E-state index contributed by atoms with van der Waals surface area (Å²) in [6, 6.07) is 5.15. The van der Waals surface area contributed by atoms with Crippen molar-refractivity contribution in [1.29, 1.82) is 0 Å². The van der Waals surface area contributed by atoms with E-state index in [1.54, 1.807) is 18.5 Å². The number of nitrogens with zero attached hydrogens (tertiary/aromatic N) is 4. The number of hydrogen-bond donors (Lipinski definition) is 2. The molecule has 2 aromatic heterocycles. The van der Waals surface area contributed by atoms with Gasteiger partial charge in [0.2, 0.25) is 0 Å².